The molecule has 34 heavy (non-hydrogen) atoms. The molecule has 0 aliphatic heterocycles. The minimum absolute atomic E-state index is 0.153. The number of halogens is 2. The summed E-state index contributed by atoms with van der Waals surface area (Å²) < 4.78 is 33.3. The normalized spacial score (nSPS) is 11.7. The number of anilines is 2. The highest BCUT2D eigenvalue weighted by atomic mass is 79.9. The Hall–Kier alpha value is -2.63. The Bertz CT molecular complexity index is 1340. The smallest absolute Gasteiger partial charge is 0.268 e. The molecule has 1 atom stereocenters. The van der Waals surface area contributed by atoms with E-state index in [4.69, 9.17) is 11.6 Å². The molecular weight excluding hydrogens is 560 g/mol. The third-order valence-corrected chi connectivity index (χ3v) is 7.17. The maximum Gasteiger partial charge on any atom is 0.268 e. The van der Waals surface area contributed by atoms with Gasteiger partial charge in [-0.25, -0.2) is 8.51 Å². The predicted octanol–water partition coefficient (Wildman–Crippen LogP) is 5.75. The van der Waals surface area contributed by atoms with E-state index in [1.807, 2.05) is 54.6 Å². The average molecular weight is 578 g/mol. The average Bonchev–Trinajstić information content (AvgIpc) is 3.26. The maximum absolute atomic E-state index is 13.1. The number of benzene rings is 3. The van der Waals surface area contributed by atoms with Gasteiger partial charge in [0.1, 0.15) is 5.69 Å². The molecule has 3 aromatic carbocycles. The van der Waals surface area contributed by atoms with Crippen LogP contribution in [0.4, 0.5) is 11.5 Å². The Balaban J connectivity index is 1.68. The molecule has 0 saturated heterocycles. The zero-order chi connectivity index (χ0) is 24.1. The first-order chi connectivity index (χ1) is 16.4. The Morgan fingerprint density at radius 3 is 2.56 bits per heavy atom. The van der Waals surface area contributed by atoms with Gasteiger partial charge < -0.3 is 5.32 Å². The van der Waals surface area contributed by atoms with E-state index in [9.17, 15) is 13.6 Å². The quantitative estimate of drug-likeness (QED) is 0.260. The van der Waals surface area contributed by atoms with E-state index in [1.54, 1.807) is 6.07 Å². The number of hydrogen-bond donors (Lipinski definition) is 2. The maximum atomic E-state index is 13.1. The lowest BCUT2D eigenvalue weighted by molar-refractivity contribution is 0.0951. The zero-order valence-electron chi connectivity index (χ0n) is 17.5. The second-order valence-electron chi connectivity index (χ2n) is 7.16. The van der Waals surface area contributed by atoms with Crippen LogP contribution in [-0.2, 0) is 24.2 Å². The summed E-state index contributed by atoms with van der Waals surface area (Å²) in [7, 11) is 0. The van der Waals surface area contributed by atoms with Gasteiger partial charge in [-0.3, -0.25) is 9.35 Å². The molecule has 0 saturated carbocycles. The first-order valence-electron chi connectivity index (χ1n) is 10.0. The van der Waals surface area contributed by atoms with Crippen LogP contribution in [0.2, 0.25) is 5.02 Å². The van der Waals surface area contributed by atoms with Crippen molar-refractivity contribution in [3.8, 4) is 0 Å². The molecule has 4 aromatic rings. The lowest BCUT2D eigenvalue weighted by Crippen LogP contribution is -2.28. The molecule has 1 unspecified atom stereocenters. The lowest BCUT2D eigenvalue weighted by atomic mass is 10.1. The molecule has 0 radical (unpaired) electrons. The molecule has 1 heterocycles. The number of carbonyl (C=O) groups is 1. The predicted molar refractivity (Wildman–Crippen MR) is 139 cm³/mol. The Morgan fingerprint density at radius 1 is 1.09 bits per heavy atom. The Morgan fingerprint density at radius 2 is 1.82 bits per heavy atom. The SMILES string of the molecule is O=C(NCc1ccccc1Br)c1ccc(Cl)cc1N(c1nsnc1Cc1ccccc1)S(=O)O. The molecular formula is C23H18BrClN4O3S2. The van der Waals surface area contributed by atoms with Crippen molar-refractivity contribution in [1.82, 2.24) is 14.1 Å². The van der Waals surface area contributed by atoms with Crippen LogP contribution in [0.15, 0.2) is 77.3 Å². The van der Waals surface area contributed by atoms with Gasteiger partial charge in [0.15, 0.2) is 5.82 Å². The van der Waals surface area contributed by atoms with E-state index in [0.29, 0.717) is 17.1 Å². The van der Waals surface area contributed by atoms with Gasteiger partial charge in [0.05, 0.1) is 23.0 Å². The highest BCUT2D eigenvalue weighted by Crippen LogP contribution is 2.34. The summed E-state index contributed by atoms with van der Waals surface area (Å²) in [5.74, 6) is -0.234. The van der Waals surface area contributed by atoms with E-state index in [-0.39, 0.29) is 23.6 Å². The minimum atomic E-state index is -2.54. The van der Waals surface area contributed by atoms with Gasteiger partial charge in [0.25, 0.3) is 17.2 Å². The van der Waals surface area contributed by atoms with Crippen LogP contribution in [0.1, 0.15) is 27.2 Å². The highest BCUT2D eigenvalue weighted by molar-refractivity contribution is 9.10. The van der Waals surface area contributed by atoms with Crippen LogP contribution in [0, 0.1) is 0 Å². The van der Waals surface area contributed by atoms with Crippen molar-refractivity contribution in [2.75, 3.05) is 4.31 Å². The second-order valence-corrected chi connectivity index (χ2v) is 9.80. The zero-order valence-corrected chi connectivity index (χ0v) is 21.5. The van der Waals surface area contributed by atoms with Gasteiger partial charge in [0.2, 0.25) is 0 Å². The largest absolute Gasteiger partial charge is 0.348 e. The van der Waals surface area contributed by atoms with Gasteiger partial charge in [0, 0.05) is 22.5 Å². The summed E-state index contributed by atoms with van der Waals surface area (Å²) in [5, 5.41) is 3.16. The van der Waals surface area contributed by atoms with Crippen LogP contribution < -0.4 is 9.62 Å². The Kier molecular flexibility index (Phi) is 8.07. The number of rotatable bonds is 8. The molecule has 0 bridgehead atoms. The number of aromatic nitrogens is 2. The molecule has 7 nitrogen and oxygen atoms in total. The van der Waals surface area contributed by atoms with Gasteiger partial charge in [-0.1, -0.05) is 76.1 Å². The summed E-state index contributed by atoms with van der Waals surface area (Å²) in [6.07, 6.45) is 0.407. The molecule has 0 aliphatic carbocycles. The van der Waals surface area contributed by atoms with Crippen LogP contribution in [-0.4, -0.2) is 23.4 Å². The second kappa shape index (κ2) is 11.2. The van der Waals surface area contributed by atoms with Crippen molar-refractivity contribution in [3.63, 3.8) is 0 Å². The first kappa shape index (κ1) is 24.5. The topological polar surface area (TPSA) is 95.4 Å². The van der Waals surface area contributed by atoms with Crippen LogP contribution in [0.3, 0.4) is 0 Å². The third-order valence-electron chi connectivity index (χ3n) is 4.92. The Labute approximate surface area is 216 Å². The summed E-state index contributed by atoms with van der Waals surface area (Å²) in [6.45, 7) is 0.266. The van der Waals surface area contributed by atoms with Crippen molar-refractivity contribution < 1.29 is 13.6 Å². The number of nitrogens with zero attached hydrogens (tertiary/aromatic N) is 3. The van der Waals surface area contributed by atoms with Crippen LogP contribution in [0.5, 0.6) is 0 Å². The number of amides is 1. The third kappa shape index (κ3) is 5.70. The van der Waals surface area contributed by atoms with Crippen LogP contribution in [0.25, 0.3) is 0 Å². The molecule has 0 aliphatic rings. The summed E-state index contributed by atoms with van der Waals surface area (Å²) >= 11 is 8.07. The number of carbonyl (C=O) groups excluding carboxylic acids is 1. The van der Waals surface area contributed by atoms with Gasteiger partial charge in [-0.05, 0) is 35.4 Å². The van der Waals surface area contributed by atoms with Gasteiger partial charge in [-0.2, -0.15) is 8.75 Å². The fourth-order valence-corrected chi connectivity index (χ4v) is 5.11. The van der Waals surface area contributed by atoms with Crippen molar-refractivity contribution >= 4 is 67.9 Å². The molecule has 0 spiro atoms. The van der Waals surface area contributed by atoms with Crippen molar-refractivity contribution in [1.29, 1.82) is 0 Å². The molecule has 0 fully saturated rings. The minimum Gasteiger partial charge on any atom is -0.348 e. The molecule has 2 N–H and O–H groups in total. The van der Waals surface area contributed by atoms with E-state index >= 15 is 0 Å². The van der Waals surface area contributed by atoms with Crippen molar-refractivity contribution in [2.45, 2.75) is 13.0 Å². The summed E-state index contributed by atoms with van der Waals surface area (Å²) in [6, 6.07) is 21.7. The highest BCUT2D eigenvalue weighted by Gasteiger charge is 2.27. The van der Waals surface area contributed by atoms with E-state index in [1.165, 1.54) is 12.1 Å². The molecule has 11 heteroatoms. The van der Waals surface area contributed by atoms with E-state index < -0.39 is 17.2 Å². The van der Waals surface area contributed by atoms with Crippen LogP contribution >= 0.6 is 39.3 Å². The molecule has 1 aromatic heterocycles. The van der Waals surface area contributed by atoms with Crippen molar-refractivity contribution in [2.24, 2.45) is 0 Å². The molecule has 174 valence electrons. The van der Waals surface area contributed by atoms with E-state index in [2.05, 4.69) is 30.0 Å². The van der Waals surface area contributed by atoms with Crippen molar-refractivity contribution in [3.05, 3.63) is 105 Å². The fraction of sp³-hybridized carbons (Fsp3) is 0.0870. The number of nitrogens with one attached hydrogen (secondary N) is 1. The molecule has 4 rings (SSSR count). The summed E-state index contributed by atoms with van der Waals surface area (Å²) in [5.41, 5.74) is 2.70. The standard InChI is InChI=1S/C23H18BrClN4O3S2/c24-19-9-5-4-8-16(19)14-26-23(30)18-11-10-17(25)13-21(18)29(34(31)32)22-20(27-33-28-22)12-15-6-2-1-3-7-15/h1-11,13H,12,14H2,(H,26,30)(H,31,32). The number of hydrogen-bond acceptors (Lipinski definition) is 5. The van der Waals surface area contributed by atoms with Gasteiger partial charge >= 0.3 is 0 Å². The fourth-order valence-electron chi connectivity index (χ4n) is 3.31. The lowest BCUT2D eigenvalue weighted by Gasteiger charge is -2.21. The monoisotopic (exact) mass is 576 g/mol. The van der Waals surface area contributed by atoms with E-state index in [0.717, 1.165) is 31.6 Å². The molecule has 1 amide bonds. The first-order valence-corrected chi connectivity index (χ1v) is 13.0. The van der Waals surface area contributed by atoms with Gasteiger partial charge in [-0.15, -0.1) is 0 Å². The summed E-state index contributed by atoms with van der Waals surface area (Å²) in [4.78, 5) is 13.1.